The number of carbonyl (C=O) groups is 2. The largest absolute Gasteiger partial charge is 0.478 e. The Labute approximate surface area is 103 Å². The van der Waals surface area contributed by atoms with Crippen LogP contribution in [-0.4, -0.2) is 22.2 Å². The van der Waals surface area contributed by atoms with Crippen molar-refractivity contribution in [1.29, 1.82) is 0 Å². The summed E-state index contributed by atoms with van der Waals surface area (Å²) in [5.41, 5.74) is 0.761. The van der Waals surface area contributed by atoms with Gasteiger partial charge in [-0.05, 0) is 23.1 Å². The molecule has 2 aromatic carbocycles. The highest BCUT2D eigenvalue weighted by molar-refractivity contribution is 6.13. The van der Waals surface area contributed by atoms with Gasteiger partial charge in [-0.15, -0.1) is 0 Å². The van der Waals surface area contributed by atoms with Gasteiger partial charge in [0.25, 0.3) is 0 Å². The minimum Gasteiger partial charge on any atom is -0.478 e. The van der Waals surface area contributed by atoms with Crippen LogP contribution in [0.4, 0.5) is 0 Å². The molecule has 2 rings (SSSR count). The molecule has 0 heterocycles. The van der Waals surface area contributed by atoms with Gasteiger partial charge < -0.3 is 10.2 Å². The lowest BCUT2D eigenvalue weighted by Crippen LogP contribution is -2.03. The molecule has 18 heavy (non-hydrogen) atoms. The van der Waals surface area contributed by atoms with Crippen LogP contribution in [0.25, 0.3) is 16.8 Å². The summed E-state index contributed by atoms with van der Waals surface area (Å²) in [5, 5.41) is 19.1. The summed E-state index contributed by atoms with van der Waals surface area (Å²) in [5.74, 6) is -2.18. The van der Waals surface area contributed by atoms with Crippen LogP contribution in [0.3, 0.4) is 0 Å². The second-order valence-corrected chi connectivity index (χ2v) is 3.74. The van der Waals surface area contributed by atoms with E-state index < -0.39 is 11.9 Å². The molecule has 2 N–H and O–H groups in total. The molecule has 0 unspecified atom stereocenters. The van der Waals surface area contributed by atoms with Crippen molar-refractivity contribution in [2.24, 2.45) is 0 Å². The van der Waals surface area contributed by atoms with Crippen LogP contribution in [0.5, 0.6) is 0 Å². The Bertz CT molecular complexity index is 671. The lowest BCUT2D eigenvalue weighted by molar-refractivity contribution is 0.0686. The van der Waals surface area contributed by atoms with E-state index >= 15 is 0 Å². The maximum atomic E-state index is 11.2. The SMILES string of the molecule is C=Cc1ccc(C(=O)O)c2cccc(C(=O)O)c12. The van der Waals surface area contributed by atoms with Gasteiger partial charge in [-0.25, -0.2) is 9.59 Å². The predicted molar refractivity (Wildman–Crippen MR) is 68.0 cm³/mol. The molecule has 0 radical (unpaired) electrons. The quantitative estimate of drug-likeness (QED) is 0.867. The van der Waals surface area contributed by atoms with E-state index in [0.717, 1.165) is 0 Å². The van der Waals surface area contributed by atoms with Crippen molar-refractivity contribution in [1.82, 2.24) is 0 Å². The van der Waals surface area contributed by atoms with Gasteiger partial charge in [0, 0.05) is 5.39 Å². The molecule has 0 amide bonds. The number of carboxylic acid groups (broad SMARTS) is 2. The zero-order valence-corrected chi connectivity index (χ0v) is 9.38. The Hall–Kier alpha value is -2.62. The molecule has 4 heteroatoms. The van der Waals surface area contributed by atoms with Crippen LogP contribution in [0.1, 0.15) is 26.3 Å². The summed E-state index contributed by atoms with van der Waals surface area (Å²) in [7, 11) is 0. The Morgan fingerprint density at radius 2 is 1.67 bits per heavy atom. The van der Waals surface area contributed by atoms with Gasteiger partial charge in [0.15, 0.2) is 0 Å². The van der Waals surface area contributed by atoms with E-state index in [1.807, 2.05) is 0 Å². The summed E-state index contributed by atoms with van der Waals surface area (Å²) in [6.07, 6.45) is 1.51. The molecule has 0 spiro atoms. The number of carboxylic acids is 2. The van der Waals surface area contributed by atoms with Crippen molar-refractivity contribution < 1.29 is 19.8 Å². The van der Waals surface area contributed by atoms with Crippen LogP contribution < -0.4 is 0 Å². The topological polar surface area (TPSA) is 74.6 Å². The van der Waals surface area contributed by atoms with Gasteiger partial charge >= 0.3 is 11.9 Å². The minimum absolute atomic E-state index is 0.0745. The molecule has 0 aliphatic carbocycles. The van der Waals surface area contributed by atoms with E-state index in [-0.39, 0.29) is 11.1 Å². The number of aromatic carboxylic acids is 2. The van der Waals surface area contributed by atoms with E-state index in [1.54, 1.807) is 12.1 Å². The van der Waals surface area contributed by atoms with Crippen LogP contribution in [0.15, 0.2) is 36.9 Å². The number of hydrogen-bond donors (Lipinski definition) is 2. The van der Waals surface area contributed by atoms with Crippen molar-refractivity contribution in [3.05, 3.63) is 53.6 Å². The van der Waals surface area contributed by atoms with Gasteiger partial charge in [-0.2, -0.15) is 0 Å². The fraction of sp³-hybridized carbons (Fsp3) is 0. The van der Waals surface area contributed by atoms with Crippen LogP contribution in [-0.2, 0) is 0 Å². The third-order valence-electron chi connectivity index (χ3n) is 2.75. The monoisotopic (exact) mass is 242 g/mol. The highest BCUT2D eigenvalue weighted by Gasteiger charge is 2.15. The standard InChI is InChI=1S/C14H10O4/c1-2-8-6-7-10(13(15)16)9-4-3-5-11(12(8)9)14(17)18/h2-7H,1H2,(H,15,16)(H,17,18). The molecular formula is C14H10O4. The predicted octanol–water partition coefficient (Wildman–Crippen LogP) is 2.88. The normalized spacial score (nSPS) is 10.2. The number of benzene rings is 2. The number of hydrogen-bond acceptors (Lipinski definition) is 2. The molecule has 0 aromatic heterocycles. The van der Waals surface area contributed by atoms with Gasteiger partial charge in [0.1, 0.15) is 0 Å². The Morgan fingerprint density at radius 3 is 2.22 bits per heavy atom. The average Bonchev–Trinajstić information content (AvgIpc) is 2.36. The Morgan fingerprint density at radius 1 is 1.00 bits per heavy atom. The second kappa shape index (κ2) is 4.33. The van der Waals surface area contributed by atoms with Crippen molar-refractivity contribution in [3.63, 3.8) is 0 Å². The molecule has 0 fully saturated rings. The zero-order chi connectivity index (χ0) is 13.3. The summed E-state index contributed by atoms with van der Waals surface area (Å²) in [4.78, 5) is 22.3. The van der Waals surface area contributed by atoms with Crippen molar-refractivity contribution in [3.8, 4) is 0 Å². The van der Waals surface area contributed by atoms with E-state index in [4.69, 9.17) is 10.2 Å². The van der Waals surface area contributed by atoms with Crippen LogP contribution in [0, 0.1) is 0 Å². The van der Waals surface area contributed by atoms with Crippen molar-refractivity contribution in [2.45, 2.75) is 0 Å². The lowest BCUT2D eigenvalue weighted by Gasteiger charge is -2.08. The summed E-state index contributed by atoms with van der Waals surface area (Å²) < 4.78 is 0. The first-order chi connectivity index (χ1) is 8.56. The molecule has 90 valence electrons. The van der Waals surface area contributed by atoms with Crippen molar-refractivity contribution in [2.75, 3.05) is 0 Å². The summed E-state index contributed by atoms with van der Waals surface area (Å²) >= 11 is 0. The fourth-order valence-electron chi connectivity index (χ4n) is 1.97. The molecule has 0 aliphatic rings. The molecule has 0 saturated carbocycles. The minimum atomic E-state index is -1.09. The van der Waals surface area contributed by atoms with E-state index in [2.05, 4.69) is 6.58 Å². The van der Waals surface area contributed by atoms with E-state index in [0.29, 0.717) is 16.3 Å². The lowest BCUT2D eigenvalue weighted by atomic mass is 9.95. The Kier molecular flexibility index (Phi) is 2.85. The number of rotatable bonds is 3. The second-order valence-electron chi connectivity index (χ2n) is 3.74. The van der Waals surface area contributed by atoms with Gasteiger partial charge in [0.05, 0.1) is 11.1 Å². The molecule has 0 aliphatic heterocycles. The molecule has 0 bridgehead atoms. The van der Waals surface area contributed by atoms with Crippen LogP contribution in [0.2, 0.25) is 0 Å². The number of fused-ring (bicyclic) bond motifs is 1. The molecule has 0 atom stereocenters. The summed E-state index contributed by atoms with van der Waals surface area (Å²) in [6, 6.07) is 7.59. The first-order valence-electron chi connectivity index (χ1n) is 5.21. The van der Waals surface area contributed by atoms with Gasteiger partial charge in [0.2, 0.25) is 0 Å². The Balaban J connectivity index is 2.99. The maximum absolute atomic E-state index is 11.2. The average molecular weight is 242 g/mol. The first-order valence-corrected chi connectivity index (χ1v) is 5.21. The van der Waals surface area contributed by atoms with Crippen molar-refractivity contribution >= 4 is 28.8 Å². The fourth-order valence-corrected chi connectivity index (χ4v) is 1.97. The highest BCUT2D eigenvalue weighted by atomic mass is 16.4. The first kappa shape index (κ1) is 11.9. The maximum Gasteiger partial charge on any atom is 0.336 e. The third-order valence-corrected chi connectivity index (χ3v) is 2.75. The van der Waals surface area contributed by atoms with Gasteiger partial charge in [-0.1, -0.05) is 30.9 Å². The molecule has 2 aromatic rings. The smallest absolute Gasteiger partial charge is 0.336 e. The van der Waals surface area contributed by atoms with E-state index in [1.165, 1.54) is 24.3 Å². The highest BCUT2D eigenvalue weighted by Crippen LogP contribution is 2.27. The van der Waals surface area contributed by atoms with Gasteiger partial charge in [-0.3, -0.25) is 0 Å². The molecule has 4 nitrogen and oxygen atoms in total. The summed E-state index contributed by atoms with van der Waals surface area (Å²) in [6.45, 7) is 3.62. The van der Waals surface area contributed by atoms with Crippen LogP contribution >= 0.6 is 0 Å². The molecule has 0 saturated heterocycles. The third kappa shape index (κ3) is 1.73. The molecular weight excluding hydrogens is 232 g/mol. The zero-order valence-electron chi connectivity index (χ0n) is 9.38. The van der Waals surface area contributed by atoms with E-state index in [9.17, 15) is 9.59 Å².